The van der Waals surface area contributed by atoms with Crippen LogP contribution < -0.4 is 4.74 Å². The Labute approximate surface area is 121 Å². The summed E-state index contributed by atoms with van der Waals surface area (Å²) in [7, 11) is 1.68. The van der Waals surface area contributed by atoms with Gasteiger partial charge in [-0.3, -0.25) is 4.79 Å². The molecule has 2 rings (SSSR count). The van der Waals surface area contributed by atoms with Crippen LogP contribution >= 0.6 is 0 Å². The van der Waals surface area contributed by atoms with Gasteiger partial charge in [-0.25, -0.2) is 0 Å². The molecule has 110 valence electrons. The van der Waals surface area contributed by atoms with Crippen molar-refractivity contribution in [2.45, 2.75) is 40.0 Å². The molecule has 3 heteroatoms. The van der Waals surface area contributed by atoms with Gasteiger partial charge in [-0.15, -0.1) is 0 Å². The van der Waals surface area contributed by atoms with E-state index in [0.29, 0.717) is 6.42 Å². The molecule has 0 spiro atoms. The molecule has 0 radical (unpaired) electrons. The van der Waals surface area contributed by atoms with E-state index >= 15 is 0 Å². The zero-order chi connectivity index (χ0) is 14.7. The van der Waals surface area contributed by atoms with Gasteiger partial charge in [0.1, 0.15) is 5.75 Å². The molecule has 1 saturated heterocycles. The molecule has 1 fully saturated rings. The first-order valence-corrected chi connectivity index (χ1v) is 7.43. The molecular formula is C17H25NO2. The van der Waals surface area contributed by atoms with Crippen molar-refractivity contribution in [3.63, 3.8) is 0 Å². The number of carbonyl (C=O) groups is 1. The first-order valence-electron chi connectivity index (χ1n) is 7.43. The Morgan fingerprint density at radius 1 is 1.25 bits per heavy atom. The van der Waals surface area contributed by atoms with E-state index in [1.165, 1.54) is 5.56 Å². The van der Waals surface area contributed by atoms with Crippen molar-refractivity contribution in [2.75, 3.05) is 20.2 Å². The zero-order valence-electron chi connectivity index (χ0n) is 13.0. The van der Waals surface area contributed by atoms with Crippen LogP contribution in [0.4, 0.5) is 0 Å². The van der Waals surface area contributed by atoms with Crippen molar-refractivity contribution >= 4 is 5.91 Å². The molecule has 0 atom stereocenters. The van der Waals surface area contributed by atoms with Crippen LogP contribution in [0.3, 0.4) is 0 Å². The highest BCUT2D eigenvalue weighted by atomic mass is 16.5. The SMILES string of the molecule is COc1ccc(CC(=O)N2CCC(C)CC2)c(C)c1C. The fourth-order valence-corrected chi connectivity index (χ4v) is 2.80. The number of ether oxygens (including phenoxy) is 1. The second-order valence-corrected chi connectivity index (χ2v) is 5.92. The van der Waals surface area contributed by atoms with E-state index in [4.69, 9.17) is 4.74 Å². The van der Waals surface area contributed by atoms with Gasteiger partial charge >= 0.3 is 0 Å². The molecule has 0 saturated carbocycles. The standard InChI is InChI=1S/C17H25NO2/c1-12-7-9-18(10-8-12)17(19)11-15-5-6-16(20-4)14(3)13(15)2/h5-6,12H,7-11H2,1-4H3. The lowest BCUT2D eigenvalue weighted by molar-refractivity contribution is -0.131. The highest BCUT2D eigenvalue weighted by Crippen LogP contribution is 2.25. The molecule has 1 aliphatic rings. The molecule has 1 amide bonds. The number of carbonyl (C=O) groups excluding carboxylic acids is 1. The van der Waals surface area contributed by atoms with E-state index in [-0.39, 0.29) is 5.91 Å². The number of benzene rings is 1. The number of hydrogen-bond acceptors (Lipinski definition) is 2. The zero-order valence-corrected chi connectivity index (χ0v) is 13.0. The third-order valence-electron chi connectivity index (χ3n) is 4.55. The van der Waals surface area contributed by atoms with Gasteiger partial charge in [-0.2, -0.15) is 0 Å². The third-order valence-corrected chi connectivity index (χ3v) is 4.55. The fourth-order valence-electron chi connectivity index (χ4n) is 2.80. The number of hydrogen-bond donors (Lipinski definition) is 0. The summed E-state index contributed by atoms with van der Waals surface area (Å²) in [5, 5.41) is 0. The Kier molecular flexibility index (Phi) is 4.69. The summed E-state index contributed by atoms with van der Waals surface area (Å²) in [5.74, 6) is 1.90. The second kappa shape index (κ2) is 6.29. The normalized spacial score (nSPS) is 16.3. The Morgan fingerprint density at radius 3 is 2.50 bits per heavy atom. The minimum Gasteiger partial charge on any atom is -0.496 e. The molecule has 0 unspecified atom stereocenters. The summed E-state index contributed by atoms with van der Waals surface area (Å²) in [6, 6.07) is 3.98. The van der Waals surface area contributed by atoms with Crippen molar-refractivity contribution in [3.05, 3.63) is 28.8 Å². The number of piperidine rings is 1. The number of methoxy groups -OCH3 is 1. The summed E-state index contributed by atoms with van der Waals surface area (Å²) >= 11 is 0. The van der Waals surface area contributed by atoms with Crippen LogP contribution in [-0.4, -0.2) is 31.0 Å². The summed E-state index contributed by atoms with van der Waals surface area (Å²) in [6.07, 6.45) is 2.77. The second-order valence-electron chi connectivity index (χ2n) is 5.92. The van der Waals surface area contributed by atoms with Gasteiger partial charge in [-0.05, 0) is 55.4 Å². The molecular weight excluding hydrogens is 250 g/mol. The Balaban J connectivity index is 2.06. The third kappa shape index (κ3) is 3.14. The van der Waals surface area contributed by atoms with Gasteiger partial charge in [0.25, 0.3) is 0 Å². The van der Waals surface area contributed by atoms with Crippen molar-refractivity contribution < 1.29 is 9.53 Å². The molecule has 1 aromatic rings. The van der Waals surface area contributed by atoms with Gasteiger partial charge in [-0.1, -0.05) is 13.0 Å². The number of amides is 1. The van der Waals surface area contributed by atoms with Crippen LogP contribution in [0.1, 0.15) is 36.5 Å². The molecule has 20 heavy (non-hydrogen) atoms. The maximum atomic E-state index is 12.4. The minimum atomic E-state index is 0.254. The van der Waals surface area contributed by atoms with Crippen molar-refractivity contribution in [1.29, 1.82) is 0 Å². The van der Waals surface area contributed by atoms with Gasteiger partial charge in [0, 0.05) is 13.1 Å². The summed E-state index contributed by atoms with van der Waals surface area (Å²) in [5.41, 5.74) is 3.42. The van der Waals surface area contributed by atoms with Gasteiger partial charge in [0.05, 0.1) is 13.5 Å². The van der Waals surface area contributed by atoms with Crippen molar-refractivity contribution in [1.82, 2.24) is 4.90 Å². The van der Waals surface area contributed by atoms with Crippen LogP contribution in [0, 0.1) is 19.8 Å². The van der Waals surface area contributed by atoms with Gasteiger partial charge < -0.3 is 9.64 Å². The molecule has 1 aliphatic heterocycles. The molecule has 1 aromatic carbocycles. The Bertz CT molecular complexity index is 488. The molecule has 0 aliphatic carbocycles. The van der Waals surface area contributed by atoms with E-state index in [9.17, 15) is 4.79 Å². The maximum Gasteiger partial charge on any atom is 0.226 e. The van der Waals surface area contributed by atoms with Crippen LogP contribution in [0.25, 0.3) is 0 Å². The van der Waals surface area contributed by atoms with Crippen molar-refractivity contribution in [3.8, 4) is 5.75 Å². The number of rotatable bonds is 3. The lowest BCUT2D eigenvalue weighted by atomic mass is 9.97. The van der Waals surface area contributed by atoms with E-state index in [1.54, 1.807) is 7.11 Å². The van der Waals surface area contributed by atoms with Crippen LogP contribution in [0.5, 0.6) is 5.75 Å². The summed E-state index contributed by atoms with van der Waals surface area (Å²) < 4.78 is 5.32. The minimum absolute atomic E-state index is 0.254. The monoisotopic (exact) mass is 275 g/mol. The van der Waals surface area contributed by atoms with Crippen LogP contribution in [-0.2, 0) is 11.2 Å². The Morgan fingerprint density at radius 2 is 1.90 bits per heavy atom. The van der Waals surface area contributed by atoms with Crippen LogP contribution in [0.2, 0.25) is 0 Å². The van der Waals surface area contributed by atoms with Crippen molar-refractivity contribution in [2.24, 2.45) is 5.92 Å². The predicted octanol–water partition coefficient (Wildman–Crippen LogP) is 3.11. The smallest absolute Gasteiger partial charge is 0.226 e. The molecule has 3 nitrogen and oxygen atoms in total. The first-order chi connectivity index (χ1) is 9.52. The highest BCUT2D eigenvalue weighted by Gasteiger charge is 2.21. The summed E-state index contributed by atoms with van der Waals surface area (Å²) in [6.45, 7) is 8.20. The highest BCUT2D eigenvalue weighted by molar-refractivity contribution is 5.79. The van der Waals surface area contributed by atoms with E-state index in [2.05, 4.69) is 13.8 Å². The molecule has 1 heterocycles. The topological polar surface area (TPSA) is 29.5 Å². The lowest BCUT2D eigenvalue weighted by Crippen LogP contribution is -2.38. The average Bonchev–Trinajstić information content (AvgIpc) is 2.45. The van der Waals surface area contributed by atoms with E-state index in [0.717, 1.165) is 48.7 Å². The number of likely N-dealkylation sites (tertiary alicyclic amines) is 1. The average molecular weight is 275 g/mol. The predicted molar refractivity (Wildman–Crippen MR) is 81.2 cm³/mol. The largest absolute Gasteiger partial charge is 0.496 e. The summed E-state index contributed by atoms with van der Waals surface area (Å²) in [4.78, 5) is 14.4. The molecule has 0 aromatic heterocycles. The van der Waals surface area contributed by atoms with Gasteiger partial charge in [0.2, 0.25) is 5.91 Å². The van der Waals surface area contributed by atoms with Crippen LogP contribution in [0.15, 0.2) is 12.1 Å². The maximum absolute atomic E-state index is 12.4. The lowest BCUT2D eigenvalue weighted by Gasteiger charge is -2.30. The van der Waals surface area contributed by atoms with E-state index in [1.807, 2.05) is 24.0 Å². The quantitative estimate of drug-likeness (QED) is 0.848. The van der Waals surface area contributed by atoms with E-state index < -0.39 is 0 Å². The fraction of sp³-hybridized carbons (Fsp3) is 0.588. The molecule has 0 N–H and O–H groups in total. The van der Waals surface area contributed by atoms with Gasteiger partial charge in [0.15, 0.2) is 0 Å². The number of nitrogens with zero attached hydrogens (tertiary/aromatic N) is 1. The Hall–Kier alpha value is -1.51. The first kappa shape index (κ1) is 14.9. The molecule has 0 bridgehead atoms.